The van der Waals surface area contributed by atoms with Crippen LogP contribution in [0.5, 0.6) is 0 Å². The highest BCUT2D eigenvalue weighted by Crippen LogP contribution is 1.77. The molecule has 0 aromatic rings. The Hall–Kier alpha value is -0.0100. The minimum Gasteiger partial charge on any atom is -0.381 e. The minimum atomic E-state index is 0.573. The average molecular weight is 121 g/mol. The quantitative estimate of drug-likeness (QED) is 0.405. The van der Waals surface area contributed by atoms with Gasteiger partial charge in [-0.05, 0) is 0 Å². The maximum Gasteiger partial charge on any atom is 0.0644 e. The first kappa shape index (κ1) is 6.99. The van der Waals surface area contributed by atoms with Crippen molar-refractivity contribution in [1.82, 2.24) is 0 Å². The molecule has 7 heavy (non-hydrogen) atoms. The van der Waals surface area contributed by atoms with Crippen molar-refractivity contribution in [2.24, 2.45) is 0 Å². The molecule has 0 N–H and O–H groups in total. The zero-order valence-electron chi connectivity index (χ0n) is 4.36. The molecule has 42 valence electrons. The second-order valence-corrected chi connectivity index (χ2v) is 1.39. The Bertz CT molecular complexity index is 52.0. The SMILES string of the molecule is COC/C=C/CCl. The lowest BCUT2D eigenvalue weighted by molar-refractivity contribution is 0.234. The molecule has 0 unspecified atom stereocenters. The normalized spacial score (nSPS) is 10.6. The Morgan fingerprint density at radius 2 is 2.29 bits per heavy atom. The minimum absolute atomic E-state index is 0.573. The average Bonchev–Trinajstić information content (AvgIpc) is 1.69. The summed E-state index contributed by atoms with van der Waals surface area (Å²) in [6.45, 7) is 0.659. The summed E-state index contributed by atoms with van der Waals surface area (Å²) in [6.07, 6.45) is 3.73. The van der Waals surface area contributed by atoms with E-state index in [1.54, 1.807) is 7.11 Å². The van der Waals surface area contributed by atoms with Crippen LogP contribution in [0.2, 0.25) is 0 Å². The van der Waals surface area contributed by atoms with E-state index >= 15 is 0 Å². The summed E-state index contributed by atoms with van der Waals surface area (Å²) < 4.78 is 4.70. The maximum absolute atomic E-state index is 5.29. The number of rotatable bonds is 3. The number of allylic oxidation sites excluding steroid dienone is 1. The molecule has 0 saturated carbocycles. The van der Waals surface area contributed by atoms with E-state index in [2.05, 4.69) is 0 Å². The molecule has 0 aliphatic heterocycles. The van der Waals surface area contributed by atoms with E-state index in [0.717, 1.165) is 0 Å². The molecule has 0 spiro atoms. The highest BCUT2D eigenvalue weighted by Gasteiger charge is 1.67. The van der Waals surface area contributed by atoms with Crippen LogP contribution >= 0.6 is 11.6 Å². The van der Waals surface area contributed by atoms with Gasteiger partial charge in [0.1, 0.15) is 0 Å². The smallest absolute Gasteiger partial charge is 0.0644 e. The van der Waals surface area contributed by atoms with E-state index in [1.807, 2.05) is 12.2 Å². The number of hydrogen-bond acceptors (Lipinski definition) is 1. The highest BCUT2D eigenvalue weighted by molar-refractivity contribution is 6.18. The third-order valence-electron chi connectivity index (χ3n) is 0.519. The van der Waals surface area contributed by atoms with Gasteiger partial charge in [0.25, 0.3) is 0 Å². The molecule has 0 aromatic carbocycles. The third kappa shape index (κ3) is 5.99. The van der Waals surface area contributed by atoms with Crippen LogP contribution in [-0.4, -0.2) is 19.6 Å². The van der Waals surface area contributed by atoms with Crippen molar-refractivity contribution < 1.29 is 4.74 Å². The van der Waals surface area contributed by atoms with Gasteiger partial charge in [-0.15, -0.1) is 11.6 Å². The van der Waals surface area contributed by atoms with Crippen LogP contribution in [0.15, 0.2) is 12.2 Å². The summed E-state index contributed by atoms with van der Waals surface area (Å²) in [4.78, 5) is 0. The van der Waals surface area contributed by atoms with Gasteiger partial charge < -0.3 is 4.74 Å². The first-order chi connectivity index (χ1) is 3.41. The molecule has 0 atom stereocenters. The monoisotopic (exact) mass is 120 g/mol. The summed E-state index contributed by atoms with van der Waals surface area (Å²) in [5.74, 6) is 0.573. The van der Waals surface area contributed by atoms with Crippen LogP contribution in [0.1, 0.15) is 0 Å². The van der Waals surface area contributed by atoms with Crippen molar-refractivity contribution in [2.45, 2.75) is 0 Å². The van der Waals surface area contributed by atoms with Crippen LogP contribution in [0.4, 0.5) is 0 Å². The predicted octanol–water partition coefficient (Wildman–Crippen LogP) is 1.43. The molecule has 0 aromatic heterocycles. The van der Waals surface area contributed by atoms with Gasteiger partial charge in [-0.2, -0.15) is 0 Å². The largest absolute Gasteiger partial charge is 0.381 e. The lowest BCUT2D eigenvalue weighted by atomic mass is 10.6. The predicted molar refractivity (Wildman–Crippen MR) is 31.7 cm³/mol. The molecule has 0 radical (unpaired) electrons. The van der Waals surface area contributed by atoms with Crippen molar-refractivity contribution in [3.8, 4) is 0 Å². The molecule has 2 heteroatoms. The Labute approximate surface area is 48.9 Å². The van der Waals surface area contributed by atoms with Gasteiger partial charge >= 0.3 is 0 Å². The molecule has 0 rings (SSSR count). The maximum atomic E-state index is 5.29. The molecule has 1 nitrogen and oxygen atoms in total. The Morgan fingerprint density at radius 1 is 1.57 bits per heavy atom. The number of methoxy groups -OCH3 is 1. The molecule has 0 aliphatic rings. The fraction of sp³-hybridized carbons (Fsp3) is 0.600. The molecule has 0 aliphatic carbocycles. The fourth-order valence-electron chi connectivity index (χ4n) is 0.227. The second-order valence-electron chi connectivity index (χ2n) is 1.08. The lowest BCUT2D eigenvalue weighted by Crippen LogP contribution is -1.79. The van der Waals surface area contributed by atoms with Crippen LogP contribution in [0.25, 0.3) is 0 Å². The zero-order chi connectivity index (χ0) is 5.54. The van der Waals surface area contributed by atoms with Gasteiger partial charge in [-0.3, -0.25) is 0 Å². The van der Waals surface area contributed by atoms with E-state index in [1.165, 1.54) is 0 Å². The summed E-state index contributed by atoms with van der Waals surface area (Å²) in [5, 5.41) is 0. The number of halogens is 1. The van der Waals surface area contributed by atoms with Gasteiger partial charge in [0.2, 0.25) is 0 Å². The second kappa shape index (κ2) is 5.99. The van der Waals surface area contributed by atoms with Gasteiger partial charge in [0, 0.05) is 13.0 Å². The number of hydrogen-bond donors (Lipinski definition) is 0. The standard InChI is InChI=1S/C5H9ClO/c1-7-5-3-2-4-6/h2-3H,4-5H2,1H3/b3-2+. The van der Waals surface area contributed by atoms with Crippen LogP contribution in [0.3, 0.4) is 0 Å². The Balaban J connectivity index is 2.78. The van der Waals surface area contributed by atoms with Gasteiger partial charge in [0.15, 0.2) is 0 Å². The Kier molecular flexibility index (Phi) is 5.98. The van der Waals surface area contributed by atoms with Crippen molar-refractivity contribution >= 4 is 11.6 Å². The van der Waals surface area contributed by atoms with E-state index in [0.29, 0.717) is 12.5 Å². The number of alkyl halides is 1. The molecule has 0 bridgehead atoms. The molecular formula is C5H9ClO. The first-order valence-electron chi connectivity index (χ1n) is 2.11. The first-order valence-corrected chi connectivity index (χ1v) is 2.65. The summed E-state index contributed by atoms with van der Waals surface area (Å²) >= 11 is 5.29. The van der Waals surface area contributed by atoms with E-state index in [4.69, 9.17) is 16.3 Å². The van der Waals surface area contributed by atoms with E-state index < -0.39 is 0 Å². The third-order valence-corrected chi connectivity index (χ3v) is 0.697. The lowest BCUT2D eigenvalue weighted by Gasteiger charge is -1.83. The van der Waals surface area contributed by atoms with Crippen molar-refractivity contribution in [1.29, 1.82) is 0 Å². The van der Waals surface area contributed by atoms with Gasteiger partial charge in [0.05, 0.1) is 6.61 Å². The van der Waals surface area contributed by atoms with Crippen LogP contribution in [0, 0.1) is 0 Å². The van der Waals surface area contributed by atoms with Crippen LogP contribution < -0.4 is 0 Å². The molecule has 0 amide bonds. The number of ether oxygens (including phenoxy) is 1. The molecular weight excluding hydrogens is 112 g/mol. The van der Waals surface area contributed by atoms with Crippen molar-refractivity contribution in [2.75, 3.05) is 19.6 Å². The molecule has 0 fully saturated rings. The topological polar surface area (TPSA) is 9.23 Å². The summed E-state index contributed by atoms with van der Waals surface area (Å²) in [6, 6.07) is 0. The Morgan fingerprint density at radius 3 is 2.71 bits per heavy atom. The molecule has 0 saturated heterocycles. The van der Waals surface area contributed by atoms with Crippen molar-refractivity contribution in [3.05, 3.63) is 12.2 Å². The molecule has 0 heterocycles. The highest BCUT2D eigenvalue weighted by atomic mass is 35.5. The van der Waals surface area contributed by atoms with E-state index in [9.17, 15) is 0 Å². The fourth-order valence-corrected chi connectivity index (χ4v) is 0.353. The summed E-state index contributed by atoms with van der Waals surface area (Å²) in [7, 11) is 1.65. The van der Waals surface area contributed by atoms with Crippen LogP contribution in [-0.2, 0) is 4.74 Å². The van der Waals surface area contributed by atoms with Gasteiger partial charge in [-0.25, -0.2) is 0 Å². The van der Waals surface area contributed by atoms with Gasteiger partial charge in [-0.1, -0.05) is 12.2 Å². The zero-order valence-corrected chi connectivity index (χ0v) is 5.11. The van der Waals surface area contributed by atoms with Crippen molar-refractivity contribution in [3.63, 3.8) is 0 Å². The summed E-state index contributed by atoms with van der Waals surface area (Å²) in [5.41, 5.74) is 0. The van der Waals surface area contributed by atoms with E-state index in [-0.39, 0.29) is 0 Å².